The first kappa shape index (κ1) is 17.3. The summed E-state index contributed by atoms with van der Waals surface area (Å²) in [5, 5.41) is 20.9. The van der Waals surface area contributed by atoms with Crippen LogP contribution in [-0.2, 0) is 11.2 Å². The zero-order valence-electron chi connectivity index (χ0n) is 13.3. The fourth-order valence-corrected chi connectivity index (χ4v) is 2.09. The van der Waals surface area contributed by atoms with Crippen LogP contribution in [0.2, 0.25) is 0 Å². The molecule has 0 heterocycles. The van der Waals surface area contributed by atoms with Crippen molar-refractivity contribution in [1.29, 1.82) is 0 Å². The van der Waals surface area contributed by atoms with E-state index in [2.05, 4.69) is 12.2 Å². The van der Waals surface area contributed by atoms with Gasteiger partial charge in [-0.15, -0.1) is 0 Å². The van der Waals surface area contributed by atoms with E-state index in [-0.39, 0.29) is 30.2 Å². The summed E-state index contributed by atoms with van der Waals surface area (Å²) in [7, 11) is 0. The van der Waals surface area contributed by atoms with E-state index in [1.54, 1.807) is 0 Å². The lowest BCUT2D eigenvalue weighted by atomic mass is 10.1. The molecule has 0 aliphatic rings. The summed E-state index contributed by atoms with van der Waals surface area (Å²) in [5.41, 5.74) is 1.25. The third-order valence-corrected chi connectivity index (χ3v) is 3.44. The zero-order valence-corrected chi connectivity index (χ0v) is 13.3. The summed E-state index contributed by atoms with van der Waals surface area (Å²) in [6.45, 7) is 2.28. The van der Waals surface area contributed by atoms with Crippen LogP contribution in [0.5, 0.6) is 11.5 Å². The first-order chi connectivity index (χ1) is 11.5. The maximum atomic E-state index is 11.9. The number of carboxylic acid groups (broad SMARTS) is 1. The van der Waals surface area contributed by atoms with Gasteiger partial charge in [-0.2, -0.15) is 0 Å². The molecule has 0 saturated carbocycles. The van der Waals surface area contributed by atoms with Crippen molar-refractivity contribution < 1.29 is 24.5 Å². The minimum atomic E-state index is -1.26. The predicted octanol–water partition coefficient (Wildman–Crippen LogP) is 3.06. The number of phenols is 1. The molecule has 2 aromatic rings. The number of nitrogens with one attached hydrogen (secondary N) is 1. The Bertz CT molecular complexity index is 725. The Morgan fingerprint density at radius 2 is 1.83 bits per heavy atom. The highest BCUT2D eigenvalue weighted by Crippen LogP contribution is 2.21. The minimum Gasteiger partial charge on any atom is -0.507 e. The highest BCUT2D eigenvalue weighted by molar-refractivity contribution is 5.95. The lowest BCUT2D eigenvalue weighted by Gasteiger charge is -2.09. The van der Waals surface area contributed by atoms with Crippen molar-refractivity contribution in [3.63, 3.8) is 0 Å². The summed E-state index contributed by atoms with van der Waals surface area (Å²) >= 11 is 0. The monoisotopic (exact) mass is 329 g/mol. The molecule has 0 atom stereocenters. The number of benzene rings is 2. The molecule has 24 heavy (non-hydrogen) atoms. The van der Waals surface area contributed by atoms with Crippen molar-refractivity contribution in [2.24, 2.45) is 0 Å². The molecule has 1 amide bonds. The second-order valence-corrected chi connectivity index (χ2v) is 5.18. The number of anilines is 1. The molecule has 0 aliphatic carbocycles. The number of carbonyl (C=O) groups is 2. The normalized spacial score (nSPS) is 10.2. The van der Waals surface area contributed by atoms with Gasteiger partial charge in [-0.05, 0) is 42.3 Å². The van der Waals surface area contributed by atoms with Crippen molar-refractivity contribution >= 4 is 17.6 Å². The lowest BCUT2D eigenvalue weighted by Crippen LogP contribution is -2.15. The van der Waals surface area contributed by atoms with Crippen LogP contribution in [0.4, 0.5) is 5.69 Å². The van der Waals surface area contributed by atoms with E-state index in [0.29, 0.717) is 11.4 Å². The average Bonchev–Trinajstić information content (AvgIpc) is 2.57. The molecular weight excluding hydrogens is 310 g/mol. The van der Waals surface area contributed by atoms with E-state index < -0.39 is 5.97 Å². The molecule has 0 fully saturated rings. The molecule has 0 aromatic heterocycles. The summed E-state index contributed by atoms with van der Waals surface area (Å²) in [5.74, 6) is -1.22. The molecule has 0 spiro atoms. The van der Waals surface area contributed by atoms with Crippen LogP contribution in [0.25, 0.3) is 0 Å². The minimum absolute atomic E-state index is 0.124. The summed E-state index contributed by atoms with van der Waals surface area (Å²) in [4.78, 5) is 22.8. The van der Waals surface area contributed by atoms with E-state index >= 15 is 0 Å². The van der Waals surface area contributed by atoms with E-state index in [1.165, 1.54) is 23.8 Å². The van der Waals surface area contributed by atoms with Crippen LogP contribution >= 0.6 is 0 Å². The summed E-state index contributed by atoms with van der Waals surface area (Å²) in [6, 6.07) is 11.5. The second kappa shape index (κ2) is 8.01. The fraction of sp³-hybridized carbons (Fsp3) is 0.222. The predicted molar refractivity (Wildman–Crippen MR) is 89.6 cm³/mol. The van der Waals surface area contributed by atoms with Gasteiger partial charge in [-0.25, -0.2) is 4.79 Å². The van der Waals surface area contributed by atoms with Gasteiger partial charge < -0.3 is 20.3 Å². The maximum Gasteiger partial charge on any atom is 0.339 e. The van der Waals surface area contributed by atoms with E-state index in [4.69, 9.17) is 9.84 Å². The highest BCUT2D eigenvalue weighted by atomic mass is 16.5. The zero-order chi connectivity index (χ0) is 17.5. The molecule has 0 bridgehead atoms. The third-order valence-electron chi connectivity index (χ3n) is 3.44. The second-order valence-electron chi connectivity index (χ2n) is 5.18. The van der Waals surface area contributed by atoms with Crippen molar-refractivity contribution in [2.45, 2.75) is 19.8 Å². The molecule has 0 unspecified atom stereocenters. The molecule has 3 N–H and O–H groups in total. The Labute approximate surface area is 139 Å². The number of rotatable bonds is 7. The summed E-state index contributed by atoms with van der Waals surface area (Å²) in [6.07, 6.45) is 1.08. The van der Waals surface area contributed by atoms with Gasteiger partial charge in [0, 0.05) is 5.69 Å². The van der Waals surface area contributed by atoms with Gasteiger partial charge in [0.1, 0.15) is 17.1 Å². The SMILES string of the molecule is CCc1ccc(OCCC(=O)Nc2ccc(O)c(C(=O)O)c2)cc1. The van der Waals surface area contributed by atoms with E-state index in [9.17, 15) is 14.7 Å². The van der Waals surface area contributed by atoms with Crippen LogP contribution in [0.15, 0.2) is 42.5 Å². The standard InChI is InChI=1S/C18H19NO5/c1-2-12-3-6-14(7-4-12)24-10-9-17(21)19-13-5-8-16(20)15(11-13)18(22)23/h3-8,11,20H,2,9-10H2,1H3,(H,19,21)(H,22,23). The molecule has 2 rings (SSSR count). The average molecular weight is 329 g/mol. The smallest absolute Gasteiger partial charge is 0.339 e. The van der Waals surface area contributed by atoms with Crippen LogP contribution in [0, 0.1) is 0 Å². The number of carbonyl (C=O) groups excluding carboxylic acids is 1. The fourth-order valence-electron chi connectivity index (χ4n) is 2.09. The number of hydrogen-bond acceptors (Lipinski definition) is 4. The first-order valence-corrected chi connectivity index (χ1v) is 7.57. The Hall–Kier alpha value is -3.02. The van der Waals surface area contributed by atoms with Crippen LogP contribution in [0.1, 0.15) is 29.3 Å². The van der Waals surface area contributed by atoms with Gasteiger partial charge in [0.2, 0.25) is 5.91 Å². The van der Waals surface area contributed by atoms with Gasteiger partial charge in [0.05, 0.1) is 13.0 Å². The Morgan fingerprint density at radius 3 is 2.46 bits per heavy atom. The largest absolute Gasteiger partial charge is 0.507 e. The van der Waals surface area contributed by atoms with Crippen LogP contribution in [-0.4, -0.2) is 28.7 Å². The highest BCUT2D eigenvalue weighted by Gasteiger charge is 2.11. The lowest BCUT2D eigenvalue weighted by molar-refractivity contribution is -0.116. The molecular formula is C18H19NO5. The number of hydrogen-bond donors (Lipinski definition) is 3. The Balaban J connectivity index is 1.84. The molecule has 0 aliphatic heterocycles. The number of aromatic carboxylic acids is 1. The number of aromatic hydroxyl groups is 1. The van der Waals surface area contributed by atoms with Gasteiger partial charge in [-0.3, -0.25) is 4.79 Å². The van der Waals surface area contributed by atoms with E-state index in [1.807, 2.05) is 24.3 Å². The molecule has 6 nitrogen and oxygen atoms in total. The molecule has 126 valence electrons. The van der Waals surface area contributed by atoms with Crippen molar-refractivity contribution in [3.8, 4) is 11.5 Å². The van der Waals surface area contributed by atoms with E-state index in [0.717, 1.165) is 6.42 Å². The molecule has 2 aromatic carbocycles. The third kappa shape index (κ3) is 4.74. The topological polar surface area (TPSA) is 95.9 Å². The number of carboxylic acids is 1. The van der Waals surface area contributed by atoms with Crippen molar-refractivity contribution in [1.82, 2.24) is 0 Å². The van der Waals surface area contributed by atoms with Gasteiger partial charge in [0.15, 0.2) is 0 Å². The quantitative estimate of drug-likeness (QED) is 0.679. The summed E-state index contributed by atoms with van der Waals surface area (Å²) < 4.78 is 5.50. The molecule has 6 heteroatoms. The van der Waals surface area contributed by atoms with Crippen molar-refractivity contribution in [2.75, 3.05) is 11.9 Å². The van der Waals surface area contributed by atoms with Crippen LogP contribution < -0.4 is 10.1 Å². The molecule has 0 radical (unpaired) electrons. The van der Waals surface area contributed by atoms with Crippen LogP contribution in [0.3, 0.4) is 0 Å². The van der Waals surface area contributed by atoms with Crippen molar-refractivity contribution in [3.05, 3.63) is 53.6 Å². The number of amides is 1. The Kier molecular flexibility index (Phi) is 5.78. The van der Waals surface area contributed by atoms with Gasteiger partial charge in [-0.1, -0.05) is 19.1 Å². The number of aryl methyl sites for hydroxylation is 1. The number of ether oxygens (including phenoxy) is 1. The maximum absolute atomic E-state index is 11.9. The van der Waals surface area contributed by atoms with Gasteiger partial charge in [0.25, 0.3) is 0 Å². The van der Waals surface area contributed by atoms with Gasteiger partial charge >= 0.3 is 5.97 Å². The molecule has 0 saturated heterocycles. The Morgan fingerprint density at radius 1 is 1.12 bits per heavy atom. The first-order valence-electron chi connectivity index (χ1n) is 7.57.